The first-order valence-electron chi connectivity index (χ1n) is 12.4. The van der Waals surface area contributed by atoms with Crippen LogP contribution in [0.5, 0.6) is 0 Å². The molecule has 198 valence electrons. The molecule has 1 aromatic heterocycles. The van der Waals surface area contributed by atoms with Crippen molar-refractivity contribution in [2.75, 3.05) is 15.7 Å². The molecule has 0 spiro atoms. The molecule has 9 heteroatoms. The number of para-hydroxylation sites is 1. The first-order valence-corrected chi connectivity index (χ1v) is 15.0. The van der Waals surface area contributed by atoms with Crippen LogP contribution in [0.1, 0.15) is 28.4 Å². The normalized spacial score (nSPS) is 11.5. The molecule has 0 saturated heterocycles. The van der Waals surface area contributed by atoms with Gasteiger partial charge in [0.15, 0.2) is 5.13 Å². The molecule has 5 rings (SSSR count). The molecule has 0 unspecified atom stereocenters. The minimum Gasteiger partial charge on any atom is -0.279 e. The highest BCUT2D eigenvalue weighted by Crippen LogP contribution is 2.37. The number of benzene rings is 4. The zero-order valence-corrected chi connectivity index (χ0v) is 23.8. The highest BCUT2D eigenvalue weighted by molar-refractivity contribution is 7.92. The highest BCUT2D eigenvalue weighted by Gasteiger charge is 2.26. The molecular weight excluding hydrogens is 550 g/mol. The van der Waals surface area contributed by atoms with Gasteiger partial charge in [-0.3, -0.25) is 14.0 Å². The van der Waals surface area contributed by atoms with Crippen LogP contribution in [0.25, 0.3) is 10.2 Å². The van der Waals surface area contributed by atoms with Gasteiger partial charge in [0.05, 0.1) is 32.4 Å². The van der Waals surface area contributed by atoms with Crippen LogP contribution in [0.4, 0.5) is 10.8 Å². The molecule has 1 heterocycles. The molecule has 6 nitrogen and oxygen atoms in total. The average molecular weight is 576 g/mol. The van der Waals surface area contributed by atoms with Gasteiger partial charge in [0.25, 0.3) is 15.9 Å². The summed E-state index contributed by atoms with van der Waals surface area (Å²) in [6.45, 7) is 4.32. The van der Waals surface area contributed by atoms with Crippen molar-refractivity contribution in [3.05, 3.63) is 119 Å². The molecule has 0 aliphatic rings. The van der Waals surface area contributed by atoms with Gasteiger partial charge in [0.1, 0.15) is 0 Å². The molecular formula is C30H26ClN3O3S2. The summed E-state index contributed by atoms with van der Waals surface area (Å²) in [6, 6.07) is 28.4. The fourth-order valence-corrected chi connectivity index (χ4v) is 7.12. The molecule has 39 heavy (non-hydrogen) atoms. The van der Waals surface area contributed by atoms with E-state index < -0.39 is 10.0 Å². The standard InChI is InChI=1S/C30H26ClN3O3S2/c1-3-34(24-12-8-5-9-13-24)39(36,37)25-17-15-23(16-18-25)29(35)33(20-22-10-6-4-7-11-22)30-32-27-21(2)14-19-26(31)28(27)38-30/h4-19H,3,20H2,1-2H3. The van der Waals surface area contributed by atoms with E-state index in [1.54, 1.807) is 48.2 Å². The zero-order valence-electron chi connectivity index (χ0n) is 21.4. The Morgan fingerprint density at radius 1 is 0.897 bits per heavy atom. The molecule has 0 radical (unpaired) electrons. The first kappa shape index (κ1) is 26.9. The second kappa shape index (κ2) is 11.2. The molecule has 0 saturated carbocycles. The lowest BCUT2D eigenvalue weighted by Crippen LogP contribution is -2.31. The van der Waals surface area contributed by atoms with Gasteiger partial charge in [0.2, 0.25) is 0 Å². The summed E-state index contributed by atoms with van der Waals surface area (Å²) in [5, 5.41) is 1.10. The lowest BCUT2D eigenvalue weighted by Gasteiger charge is -2.23. The Kier molecular flexibility index (Phi) is 7.70. The Morgan fingerprint density at radius 3 is 2.15 bits per heavy atom. The van der Waals surface area contributed by atoms with Gasteiger partial charge in [-0.15, -0.1) is 0 Å². The Morgan fingerprint density at radius 2 is 1.54 bits per heavy atom. The summed E-state index contributed by atoms with van der Waals surface area (Å²) in [7, 11) is -3.81. The van der Waals surface area contributed by atoms with E-state index in [0.29, 0.717) is 27.9 Å². The summed E-state index contributed by atoms with van der Waals surface area (Å²) in [6.07, 6.45) is 0. The van der Waals surface area contributed by atoms with Crippen molar-refractivity contribution < 1.29 is 13.2 Å². The second-order valence-corrected chi connectivity index (χ2v) is 12.2. The lowest BCUT2D eigenvalue weighted by molar-refractivity contribution is 0.0985. The minimum atomic E-state index is -3.81. The summed E-state index contributed by atoms with van der Waals surface area (Å²) in [5.74, 6) is -0.286. The smallest absolute Gasteiger partial charge is 0.264 e. The third kappa shape index (κ3) is 5.41. The van der Waals surface area contributed by atoms with Crippen LogP contribution < -0.4 is 9.21 Å². The fraction of sp³-hybridized carbons (Fsp3) is 0.133. The maximum absolute atomic E-state index is 13.9. The number of thiazole rings is 1. The molecule has 0 atom stereocenters. The Hall–Kier alpha value is -3.72. The second-order valence-electron chi connectivity index (χ2n) is 8.95. The van der Waals surface area contributed by atoms with Crippen molar-refractivity contribution in [1.82, 2.24) is 4.98 Å². The van der Waals surface area contributed by atoms with Gasteiger partial charge in [-0.25, -0.2) is 13.4 Å². The van der Waals surface area contributed by atoms with Gasteiger partial charge >= 0.3 is 0 Å². The van der Waals surface area contributed by atoms with Crippen LogP contribution in [0.2, 0.25) is 5.02 Å². The minimum absolute atomic E-state index is 0.113. The number of amides is 1. The predicted octanol–water partition coefficient (Wildman–Crippen LogP) is 7.32. The van der Waals surface area contributed by atoms with Crippen LogP contribution in [0, 0.1) is 6.92 Å². The van der Waals surface area contributed by atoms with E-state index in [2.05, 4.69) is 0 Å². The first-order chi connectivity index (χ1) is 18.8. The van der Waals surface area contributed by atoms with E-state index in [0.717, 1.165) is 21.3 Å². The number of halogens is 1. The molecule has 4 aromatic carbocycles. The number of aromatic nitrogens is 1. The molecule has 0 fully saturated rings. The summed E-state index contributed by atoms with van der Waals surface area (Å²) in [4.78, 5) is 20.4. The van der Waals surface area contributed by atoms with Crippen molar-refractivity contribution >= 4 is 59.9 Å². The molecule has 0 aliphatic heterocycles. The summed E-state index contributed by atoms with van der Waals surface area (Å²) >= 11 is 7.81. The van der Waals surface area contributed by atoms with Gasteiger partial charge < -0.3 is 0 Å². The lowest BCUT2D eigenvalue weighted by atomic mass is 10.1. The van der Waals surface area contributed by atoms with E-state index in [9.17, 15) is 13.2 Å². The van der Waals surface area contributed by atoms with E-state index in [4.69, 9.17) is 16.6 Å². The molecule has 0 N–H and O–H groups in total. The molecule has 5 aromatic rings. The van der Waals surface area contributed by atoms with Crippen molar-refractivity contribution in [1.29, 1.82) is 0 Å². The number of sulfonamides is 1. The topological polar surface area (TPSA) is 70.6 Å². The van der Waals surface area contributed by atoms with Crippen LogP contribution in [-0.2, 0) is 16.6 Å². The van der Waals surface area contributed by atoms with Gasteiger partial charge in [-0.05, 0) is 67.4 Å². The molecule has 0 aliphatic carbocycles. The predicted molar refractivity (Wildman–Crippen MR) is 159 cm³/mol. The van der Waals surface area contributed by atoms with Crippen molar-refractivity contribution in [3.8, 4) is 0 Å². The van der Waals surface area contributed by atoms with E-state index >= 15 is 0 Å². The number of fused-ring (bicyclic) bond motifs is 1. The van der Waals surface area contributed by atoms with Crippen LogP contribution in [0.15, 0.2) is 102 Å². The number of carbonyl (C=O) groups is 1. The number of rotatable bonds is 8. The number of carbonyl (C=O) groups excluding carboxylic acids is 1. The zero-order chi connectivity index (χ0) is 27.6. The number of anilines is 2. The van der Waals surface area contributed by atoms with Crippen molar-refractivity contribution in [3.63, 3.8) is 0 Å². The molecule has 0 bridgehead atoms. The summed E-state index contributed by atoms with van der Waals surface area (Å²) in [5.41, 5.74) is 3.61. The van der Waals surface area contributed by atoms with Crippen molar-refractivity contribution in [2.45, 2.75) is 25.3 Å². The highest BCUT2D eigenvalue weighted by atomic mass is 35.5. The van der Waals surface area contributed by atoms with Crippen LogP contribution in [0.3, 0.4) is 0 Å². The number of nitrogens with zero attached hydrogens (tertiary/aromatic N) is 3. The third-order valence-electron chi connectivity index (χ3n) is 6.37. The fourth-order valence-electron chi connectivity index (χ4n) is 4.34. The van der Waals surface area contributed by atoms with Gasteiger partial charge in [-0.1, -0.05) is 77.5 Å². The Labute approximate surface area is 237 Å². The maximum atomic E-state index is 13.9. The van der Waals surface area contributed by atoms with E-state index in [-0.39, 0.29) is 17.3 Å². The maximum Gasteiger partial charge on any atom is 0.264 e. The monoisotopic (exact) mass is 575 g/mol. The van der Waals surface area contributed by atoms with Crippen LogP contribution in [-0.4, -0.2) is 25.9 Å². The van der Waals surface area contributed by atoms with Gasteiger partial charge in [0, 0.05) is 12.1 Å². The third-order valence-corrected chi connectivity index (χ3v) is 9.82. The van der Waals surface area contributed by atoms with Gasteiger partial charge in [-0.2, -0.15) is 0 Å². The Balaban J connectivity index is 1.50. The average Bonchev–Trinajstić information content (AvgIpc) is 3.42. The number of hydrogen-bond acceptors (Lipinski definition) is 5. The number of hydrogen-bond donors (Lipinski definition) is 0. The van der Waals surface area contributed by atoms with Crippen LogP contribution >= 0.6 is 22.9 Å². The van der Waals surface area contributed by atoms with Crippen molar-refractivity contribution in [2.24, 2.45) is 0 Å². The van der Waals surface area contributed by atoms with E-state index in [1.165, 1.54) is 27.8 Å². The Bertz CT molecular complexity index is 1680. The quantitative estimate of drug-likeness (QED) is 0.194. The molecule has 1 amide bonds. The van der Waals surface area contributed by atoms with E-state index in [1.807, 2.05) is 55.5 Å². The SMILES string of the molecule is CCN(c1ccccc1)S(=O)(=O)c1ccc(C(=O)N(Cc2ccccc2)c2nc3c(C)ccc(Cl)c3s2)cc1. The summed E-state index contributed by atoms with van der Waals surface area (Å²) < 4.78 is 29.0. The number of aryl methyl sites for hydroxylation is 1. The largest absolute Gasteiger partial charge is 0.279 e.